The first kappa shape index (κ1) is 16.4. The number of nitro groups is 1. The fourth-order valence-electron chi connectivity index (χ4n) is 1.40. The maximum Gasteiger partial charge on any atom is 0.310 e. The average molecular weight is 292 g/mol. The van der Waals surface area contributed by atoms with Crippen LogP contribution < -0.4 is 5.32 Å². The maximum absolute atomic E-state index is 11.6. The van der Waals surface area contributed by atoms with E-state index in [0.29, 0.717) is 5.56 Å². The molecule has 7 heteroatoms. The molecule has 0 fully saturated rings. The molecule has 0 atom stereocenters. The van der Waals surface area contributed by atoms with Gasteiger partial charge in [-0.25, -0.2) is 0 Å². The molecule has 2 N–H and O–H groups in total. The van der Waals surface area contributed by atoms with Gasteiger partial charge >= 0.3 is 5.97 Å². The second-order valence-corrected chi connectivity index (χ2v) is 5.06. The van der Waals surface area contributed by atoms with Crippen molar-refractivity contribution in [2.45, 2.75) is 13.8 Å². The lowest BCUT2D eigenvalue weighted by atomic mass is 9.94. The molecule has 112 valence electrons. The van der Waals surface area contributed by atoms with Crippen LogP contribution in [0.15, 0.2) is 30.3 Å². The summed E-state index contributed by atoms with van der Waals surface area (Å²) >= 11 is 0. The summed E-state index contributed by atoms with van der Waals surface area (Å²) in [6.07, 6.45) is 2.46. The summed E-state index contributed by atoms with van der Waals surface area (Å²) in [5.74, 6) is -1.53. The van der Waals surface area contributed by atoms with Crippen molar-refractivity contribution in [3.05, 3.63) is 46.0 Å². The lowest BCUT2D eigenvalue weighted by molar-refractivity contribution is -0.385. The van der Waals surface area contributed by atoms with Crippen LogP contribution in [0.25, 0.3) is 6.08 Å². The minimum absolute atomic E-state index is 0.0393. The number of benzene rings is 1. The number of nitrogens with zero attached hydrogens (tertiary/aromatic N) is 1. The second kappa shape index (κ2) is 6.65. The summed E-state index contributed by atoms with van der Waals surface area (Å²) in [7, 11) is 0. The van der Waals surface area contributed by atoms with E-state index in [2.05, 4.69) is 5.32 Å². The largest absolute Gasteiger partial charge is 0.481 e. The molecule has 21 heavy (non-hydrogen) atoms. The number of nitro benzene ring substituents is 1. The smallest absolute Gasteiger partial charge is 0.310 e. The molecule has 1 aromatic rings. The van der Waals surface area contributed by atoms with Gasteiger partial charge in [-0.2, -0.15) is 0 Å². The Kier molecular flexibility index (Phi) is 5.18. The van der Waals surface area contributed by atoms with Gasteiger partial charge in [-0.15, -0.1) is 0 Å². The fourth-order valence-corrected chi connectivity index (χ4v) is 1.40. The van der Waals surface area contributed by atoms with E-state index in [1.165, 1.54) is 38.1 Å². The lowest BCUT2D eigenvalue weighted by Gasteiger charge is -2.18. The Morgan fingerprint density at radius 2 is 2.00 bits per heavy atom. The van der Waals surface area contributed by atoms with E-state index < -0.39 is 22.2 Å². The number of hydrogen-bond acceptors (Lipinski definition) is 4. The van der Waals surface area contributed by atoms with E-state index >= 15 is 0 Å². The molecular formula is C14H16N2O5. The third-order valence-corrected chi connectivity index (χ3v) is 2.83. The highest BCUT2D eigenvalue weighted by Gasteiger charge is 2.27. The summed E-state index contributed by atoms with van der Waals surface area (Å²) in [4.78, 5) is 32.8. The SMILES string of the molecule is CC(C)(CNC(=O)/C=C/c1ccccc1[N+](=O)[O-])C(=O)O. The molecule has 0 spiro atoms. The molecule has 0 aliphatic carbocycles. The van der Waals surface area contributed by atoms with Crippen LogP contribution in [-0.4, -0.2) is 28.5 Å². The summed E-state index contributed by atoms with van der Waals surface area (Å²) in [6.45, 7) is 2.94. The van der Waals surface area contributed by atoms with E-state index in [1.807, 2.05) is 0 Å². The van der Waals surface area contributed by atoms with Gasteiger partial charge in [0.05, 0.1) is 15.9 Å². The quantitative estimate of drug-likeness (QED) is 0.472. The Morgan fingerprint density at radius 1 is 1.38 bits per heavy atom. The van der Waals surface area contributed by atoms with Gasteiger partial charge in [0.2, 0.25) is 5.91 Å². The molecule has 0 aliphatic heterocycles. The van der Waals surface area contributed by atoms with Crippen LogP contribution in [-0.2, 0) is 9.59 Å². The maximum atomic E-state index is 11.6. The molecule has 0 heterocycles. The predicted octanol–water partition coefficient (Wildman–Crippen LogP) is 1.83. The lowest BCUT2D eigenvalue weighted by Crippen LogP contribution is -2.38. The van der Waals surface area contributed by atoms with Gasteiger partial charge in [0, 0.05) is 18.7 Å². The molecule has 0 saturated carbocycles. The predicted molar refractivity (Wildman–Crippen MR) is 76.6 cm³/mol. The van der Waals surface area contributed by atoms with E-state index in [0.717, 1.165) is 6.08 Å². The number of hydrogen-bond donors (Lipinski definition) is 2. The molecule has 1 rings (SSSR count). The van der Waals surface area contributed by atoms with Gasteiger partial charge in [-0.1, -0.05) is 12.1 Å². The number of carboxylic acids is 1. The van der Waals surface area contributed by atoms with Crippen LogP contribution in [0.5, 0.6) is 0 Å². The number of para-hydroxylation sites is 1. The summed E-state index contributed by atoms with van der Waals surface area (Å²) in [5, 5.41) is 22.2. The van der Waals surface area contributed by atoms with Crippen molar-refractivity contribution in [3.63, 3.8) is 0 Å². The highest BCUT2D eigenvalue weighted by Crippen LogP contribution is 2.19. The Morgan fingerprint density at radius 3 is 2.57 bits per heavy atom. The molecule has 1 amide bonds. The molecule has 0 unspecified atom stereocenters. The summed E-state index contributed by atoms with van der Waals surface area (Å²) < 4.78 is 0. The molecule has 7 nitrogen and oxygen atoms in total. The molecular weight excluding hydrogens is 276 g/mol. The van der Waals surface area contributed by atoms with Crippen LogP contribution in [0, 0.1) is 15.5 Å². The number of rotatable bonds is 6. The van der Waals surface area contributed by atoms with Crippen molar-refractivity contribution in [1.29, 1.82) is 0 Å². The van der Waals surface area contributed by atoms with E-state index in [-0.39, 0.29) is 12.2 Å². The first-order chi connectivity index (χ1) is 9.74. The molecule has 0 bridgehead atoms. The highest BCUT2D eigenvalue weighted by molar-refractivity contribution is 5.92. The number of aliphatic carboxylic acids is 1. The fraction of sp³-hybridized carbons (Fsp3) is 0.286. The van der Waals surface area contributed by atoms with Gasteiger partial charge < -0.3 is 10.4 Å². The van der Waals surface area contributed by atoms with Crippen molar-refractivity contribution in [3.8, 4) is 0 Å². The number of amides is 1. The van der Waals surface area contributed by atoms with Crippen molar-refractivity contribution in [2.75, 3.05) is 6.54 Å². The van der Waals surface area contributed by atoms with Gasteiger partial charge in [0.1, 0.15) is 0 Å². The third kappa shape index (κ3) is 4.72. The van der Waals surface area contributed by atoms with Gasteiger partial charge in [0.25, 0.3) is 5.69 Å². The monoisotopic (exact) mass is 292 g/mol. The van der Waals surface area contributed by atoms with Gasteiger partial charge in [0.15, 0.2) is 0 Å². The average Bonchev–Trinajstić information content (AvgIpc) is 2.43. The Balaban J connectivity index is 2.72. The molecule has 0 radical (unpaired) electrons. The van der Waals surface area contributed by atoms with Crippen LogP contribution in [0.2, 0.25) is 0 Å². The van der Waals surface area contributed by atoms with Gasteiger partial charge in [-0.05, 0) is 26.0 Å². The Hall–Kier alpha value is -2.70. The Bertz CT molecular complexity index is 593. The summed E-state index contributed by atoms with van der Waals surface area (Å²) in [6, 6.07) is 6.01. The minimum Gasteiger partial charge on any atom is -0.481 e. The van der Waals surface area contributed by atoms with Crippen molar-refractivity contribution in [1.82, 2.24) is 5.32 Å². The molecule has 0 saturated heterocycles. The number of nitrogens with one attached hydrogen (secondary N) is 1. The molecule has 0 aromatic heterocycles. The summed E-state index contributed by atoms with van der Waals surface area (Å²) in [5.41, 5.74) is -0.884. The van der Waals surface area contributed by atoms with Gasteiger partial charge in [-0.3, -0.25) is 19.7 Å². The molecule has 1 aromatic carbocycles. The normalized spacial score (nSPS) is 11.3. The van der Waals surface area contributed by atoms with Crippen LogP contribution in [0.4, 0.5) is 5.69 Å². The zero-order valence-electron chi connectivity index (χ0n) is 11.7. The molecule has 0 aliphatic rings. The topological polar surface area (TPSA) is 110 Å². The van der Waals surface area contributed by atoms with Crippen LogP contribution in [0.1, 0.15) is 19.4 Å². The van der Waals surface area contributed by atoms with Crippen molar-refractivity contribution < 1.29 is 19.6 Å². The van der Waals surface area contributed by atoms with Crippen LogP contribution in [0.3, 0.4) is 0 Å². The van der Waals surface area contributed by atoms with E-state index in [4.69, 9.17) is 5.11 Å². The first-order valence-corrected chi connectivity index (χ1v) is 6.17. The van der Waals surface area contributed by atoms with E-state index in [9.17, 15) is 19.7 Å². The second-order valence-electron chi connectivity index (χ2n) is 5.06. The number of carbonyl (C=O) groups is 2. The number of carbonyl (C=O) groups excluding carboxylic acids is 1. The minimum atomic E-state index is -1.08. The Labute approximate surface area is 121 Å². The third-order valence-electron chi connectivity index (χ3n) is 2.83. The zero-order valence-corrected chi connectivity index (χ0v) is 11.7. The first-order valence-electron chi connectivity index (χ1n) is 6.17. The highest BCUT2D eigenvalue weighted by atomic mass is 16.6. The standard InChI is InChI=1S/C14H16N2O5/c1-14(2,13(18)19)9-15-12(17)8-7-10-5-3-4-6-11(10)16(20)21/h3-8H,9H2,1-2H3,(H,15,17)(H,18,19)/b8-7+. The zero-order chi connectivity index (χ0) is 16.0. The van der Waals surface area contributed by atoms with E-state index in [1.54, 1.807) is 6.07 Å². The number of carboxylic acid groups (broad SMARTS) is 1. The van der Waals surface area contributed by atoms with Crippen LogP contribution >= 0.6 is 0 Å². The van der Waals surface area contributed by atoms with Crippen molar-refractivity contribution >= 4 is 23.6 Å². The van der Waals surface area contributed by atoms with Crippen molar-refractivity contribution in [2.24, 2.45) is 5.41 Å².